The summed E-state index contributed by atoms with van der Waals surface area (Å²) in [5, 5.41) is 9.01. The van der Waals surface area contributed by atoms with Crippen LogP contribution in [0.1, 0.15) is 44.9 Å². The number of hydrogen-bond donors (Lipinski definition) is 1. The fourth-order valence-electron chi connectivity index (χ4n) is 4.61. The highest BCUT2D eigenvalue weighted by atomic mass is 19.4. The van der Waals surface area contributed by atoms with Crippen LogP contribution in [-0.2, 0) is 0 Å². The predicted octanol–water partition coefficient (Wildman–Crippen LogP) is 3.27. The zero-order valence-electron chi connectivity index (χ0n) is 9.24. The number of alkyl halides is 3. The van der Waals surface area contributed by atoms with Crippen molar-refractivity contribution in [2.24, 2.45) is 16.2 Å². The summed E-state index contributed by atoms with van der Waals surface area (Å²) < 4.78 is 38.4. The zero-order chi connectivity index (χ0) is 11.7. The second-order valence-electron chi connectivity index (χ2n) is 6.50. The highest BCUT2D eigenvalue weighted by Gasteiger charge is 2.72. The summed E-state index contributed by atoms with van der Waals surface area (Å²) in [7, 11) is 0. The lowest BCUT2D eigenvalue weighted by Gasteiger charge is -2.70. The number of aliphatic hydroxyl groups excluding tert-OH is 1. The maximum Gasteiger partial charge on any atom is 0.396 e. The molecule has 0 amide bonds. The van der Waals surface area contributed by atoms with Crippen molar-refractivity contribution in [3.8, 4) is 0 Å². The van der Waals surface area contributed by atoms with Crippen molar-refractivity contribution in [1.82, 2.24) is 0 Å². The van der Waals surface area contributed by atoms with Crippen LogP contribution in [0.25, 0.3) is 0 Å². The first kappa shape index (κ1) is 10.9. The molecule has 0 unspecified atom stereocenters. The highest BCUT2D eigenvalue weighted by Crippen LogP contribution is 2.76. The van der Waals surface area contributed by atoms with Crippen LogP contribution < -0.4 is 0 Å². The third-order valence-corrected chi connectivity index (χ3v) is 5.24. The highest BCUT2D eigenvalue weighted by molar-refractivity contribution is 5.17. The molecule has 2 spiro atoms. The maximum atomic E-state index is 12.8. The van der Waals surface area contributed by atoms with E-state index < -0.39 is 18.2 Å². The van der Waals surface area contributed by atoms with Gasteiger partial charge in [-0.15, -0.1) is 0 Å². The smallest absolute Gasteiger partial charge is 0.395 e. The normalized spacial score (nSPS) is 33.0. The van der Waals surface area contributed by atoms with Gasteiger partial charge in [0.25, 0.3) is 0 Å². The first-order valence-corrected chi connectivity index (χ1v) is 6.02. The van der Waals surface area contributed by atoms with Gasteiger partial charge >= 0.3 is 6.18 Å². The lowest BCUT2D eigenvalue weighted by Crippen LogP contribution is -2.65. The molecule has 3 saturated carbocycles. The van der Waals surface area contributed by atoms with E-state index in [0.717, 1.165) is 12.8 Å². The van der Waals surface area contributed by atoms with Gasteiger partial charge in [-0.2, -0.15) is 13.2 Å². The van der Waals surface area contributed by atoms with Gasteiger partial charge in [-0.25, -0.2) is 0 Å². The summed E-state index contributed by atoms with van der Waals surface area (Å²) in [4.78, 5) is 0. The molecule has 92 valence electrons. The summed E-state index contributed by atoms with van der Waals surface area (Å²) in [5.74, 6) is 0. The molecule has 0 aromatic carbocycles. The lowest BCUT2D eigenvalue weighted by atomic mass is 9.35. The van der Waals surface area contributed by atoms with Gasteiger partial charge in [-0.05, 0) is 49.4 Å². The first-order chi connectivity index (χ1) is 7.35. The van der Waals surface area contributed by atoms with Crippen LogP contribution in [0.4, 0.5) is 13.2 Å². The van der Waals surface area contributed by atoms with E-state index in [2.05, 4.69) is 0 Å². The van der Waals surface area contributed by atoms with E-state index in [4.69, 9.17) is 5.11 Å². The minimum Gasteiger partial charge on any atom is -0.395 e. The van der Waals surface area contributed by atoms with Crippen LogP contribution in [0.5, 0.6) is 0 Å². The molecule has 0 atom stereocenters. The van der Waals surface area contributed by atoms with Crippen molar-refractivity contribution in [3.05, 3.63) is 0 Å². The molecule has 4 heteroatoms. The third-order valence-electron chi connectivity index (χ3n) is 5.24. The monoisotopic (exact) mass is 234 g/mol. The van der Waals surface area contributed by atoms with Crippen molar-refractivity contribution in [3.63, 3.8) is 0 Å². The minimum absolute atomic E-state index is 0.0569. The average Bonchev–Trinajstić information content (AvgIpc) is 1.94. The van der Waals surface area contributed by atoms with Gasteiger partial charge in [0, 0.05) is 0 Å². The van der Waals surface area contributed by atoms with Gasteiger partial charge in [-0.3, -0.25) is 0 Å². The summed E-state index contributed by atoms with van der Waals surface area (Å²) in [6, 6.07) is 0. The van der Waals surface area contributed by atoms with Gasteiger partial charge in [0.05, 0.1) is 12.0 Å². The Labute approximate surface area is 93.0 Å². The van der Waals surface area contributed by atoms with E-state index in [1.165, 1.54) is 19.3 Å². The van der Waals surface area contributed by atoms with E-state index in [1.54, 1.807) is 0 Å². The summed E-state index contributed by atoms with van der Waals surface area (Å²) in [5.41, 5.74) is -1.40. The van der Waals surface area contributed by atoms with Gasteiger partial charge < -0.3 is 5.11 Å². The minimum atomic E-state index is -4.23. The standard InChI is InChI=1S/C12H17F3O/c13-12(14,15)11(8-16)6-10(7-11)4-9(5-10)2-1-3-9/h16H,1-8H2. The molecule has 0 bridgehead atoms. The molecule has 0 heterocycles. The molecular formula is C12H17F3O. The molecule has 3 aliphatic carbocycles. The Bertz CT molecular complexity index is 301. The third kappa shape index (κ3) is 1.17. The SMILES string of the molecule is OCC1(C(F)(F)F)CC2(CC3(CCC3)C2)C1. The van der Waals surface area contributed by atoms with E-state index in [9.17, 15) is 13.2 Å². The van der Waals surface area contributed by atoms with Gasteiger partial charge in [0.15, 0.2) is 0 Å². The Morgan fingerprint density at radius 3 is 1.81 bits per heavy atom. The van der Waals surface area contributed by atoms with Crippen LogP contribution >= 0.6 is 0 Å². The van der Waals surface area contributed by atoms with Gasteiger partial charge in [0.1, 0.15) is 0 Å². The van der Waals surface area contributed by atoms with E-state index in [1.807, 2.05) is 0 Å². The molecule has 0 aromatic rings. The quantitative estimate of drug-likeness (QED) is 0.738. The number of rotatable bonds is 1. The molecule has 3 aliphatic rings. The van der Waals surface area contributed by atoms with Crippen molar-refractivity contribution in [2.45, 2.75) is 51.1 Å². The number of halogens is 3. The Hall–Kier alpha value is -0.250. The van der Waals surface area contributed by atoms with Crippen LogP contribution in [0.2, 0.25) is 0 Å². The number of aliphatic hydroxyl groups is 1. The van der Waals surface area contributed by atoms with E-state index >= 15 is 0 Å². The van der Waals surface area contributed by atoms with Crippen molar-refractivity contribution < 1.29 is 18.3 Å². The zero-order valence-corrected chi connectivity index (χ0v) is 9.24. The lowest BCUT2D eigenvalue weighted by molar-refractivity contribution is -0.324. The first-order valence-electron chi connectivity index (χ1n) is 6.02. The molecule has 0 saturated heterocycles. The largest absolute Gasteiger partial charge is 0.396 e. The summed E-state index contributed by atoms with van der Waals surface area (Å²) >= 11 is 0. The Kier molecular flexibility index (Phi) is 1.88. The number of hydrogen-bond acceptors (Lipinski definition) is 1. The fraction of sp³-hybridized carbons (Fsp3) is 1.00. The Balaban J connectivity index is 1.65. The molecule has 0 aromatic heterocycles. The Morgan fingerprint density at radius 1 is 0.938 bits per heavy atom. The molecule has 16 heavy (non-hydrogen) atoms. The van der Waals surface area contributed by atoms with E-state index in [-0.39, 0.29) is 18.3 Å². The molecule has 3 fully saturated rings. The van der Waals surface area contributed by atoms with Crippen molar-refractivity contribution >= 4 is 0 Å². The van der Waals surface area contributed by atoms with Crippen molar-refractivity contribution in [1.29, 1.82) is 0 Å². The second kappa shape index (κ2) is 2.77. The molecule has 1 N–H and O–H groups in total. The second-order valence-corrected chi connectivity index (χ2v) is 6.50. The van der Waals surface area contributed by atoms with Crippen LogP contribution in [0, 0.1) is 16.2 Å². The molecule has 3 rings (SSSR count). The average molecular weight is 234 g/mol. The Morgan fingerprint density at radius 2 is 1.50 bits per heavy atom. The molecular weight excluding hydrogens is 217 g/mol. The van der Waals surface area contributed by atoms with E-state index in [0.29, 0.717) is 5.41 Å². The summed E-state index contributed by atoms with van der Waals surface area (Å²) in [6.45, 7) is -0.731. The predicted molar refractivity (Wildman–Crippen MR) is 52.8 cm³/mol. The van der Waals surface area contributed by atoms with Crippen molar-refractivity contribution in [2.75, 3.05) is 6.61 Å². The topological polar surface area (TPSA) is 20.2 Å². The maximum absolute atomic E-state index is 12.8. The molecule has 0 radical (unpaired) electrons. The van der Waals surface area contributed by atoms with Gasteiger partial charge in [-0.1, -0.05) is 6.42 Å². The van der Waals surface area contributed by atoms with Crippen LogP contribution in [0.15, 0.2) is 0 Å². The van der Waals surface area contributed by atoms with Crippen LogP contribution in [-0.4, -0.2) is 17.9 Å². The fourth-order valence-corrected chi connectivity index (χ4v) is 4.61. The molecule has 1 nitrogen and oxygen atoms in total. The van der Waals surface area contributed by atoms with Crippen LogP contribution in [0.3, 0.4) is 0 Å². The summed E-state index contributed by atoms with van der Waals surface area (Å²) in [6.07, 6.45) is 1.76. The molecule has 0 aliphatic heterocycles. The van der Waals surface area contributed by atoms with Gasteiger partial charge in [0.2, 0.25) is 0 Å².